The zero-order valence-electron chi connectivity index (χ0n) is 16.8. The summed E-state index contributed by atoms with van der Waals surface area (Å²) in [7, 11) is 2.13. The van der Waals surface area contributed by atoms with Crippen LogP contribution in [0.4, 0.5) is 10.9 Å². The van der Waals surface area contributed by atoms with E-state index in [1.807, 2.05) is 26.1 Å². The van der Waals surface area contributed by atoms with Crippen LogP contribution in [0.25, 0.3) is 0 Å². The maximum Gasteiger partial charge on any atom is 0.226 e. The highest BCUT2D eigenvalue weighted by atomic mass is 32.1. The molecule has 0 spiro atoms. The summed E-state index contributed by atoms with van der Waals surface area (Å²) in [5, 5.41) is 4.12. The van der Waals surface area contributed by atoms with Gasteiger partial charge in [-0.2, -0.15) is 0 Å². The minimum absolute atomic E-state index is 0.0486. The quantitative estimate of drug-likeness (QED) is 0.849. The molecule has 1 unspecified atom stereocenters. The smallest absolute Gasteiger partial charge is 0.226 e. The number of carbonyl (C=O) groups is 1. The number of rotatable bonds is 4. The Morgan fingerprint density at radius 1 is 1.18 bits per heavy atom. The molecule has 2 aliphatic heterocycles. The van der Waals surface area contributed by atoms with Crippen molar-refractivity contribution in [3.05, 3.63) is 28.7 Å². The lowest BCUT2D eigenvalue weighted by molar-refractivity contribution is -0.138. The fourth-order valence-corrected chi connectivity index (χ4v) is 4.85. The number of thiazole rings is 1. The van der Waals surface area contributed by atoms with Crippen LogP contribution in [0.1, 0.15) is 48.1 Å². The van der Waals surface area contributed by atoms with Crippen molar-refractivity contribution in [2.75, 3.05) is 32.0 Å². The molecule has 0 radical (unpaired) electrons. The van der Waals surface area contributed by atoms with Crippen LogP contribution in [0, 0.1) is 19.8 Å². The van der Waals surface area contributed by atoms with Crippen molar-refractivity contribution in [1.82, 2.24) is 24.8 Å². The molecule has 4 rings (SSSR count). The molecular weight excluding hydrogens is 372 g/mol. The number of likely N-dealkylation sites (tertiary alicyclic amines) is 2. The molecule has 2 aliphatic rings. The second-order valence-electron chi connectivity index (χ2n) is 7.89. The van der Waals surface area contributed by atoms with Crippen LogP contribution in [0.5, 0.6) is 0 Å². The average Bonchev–Trinajstić information content (AvgIpc) is 3.30. The molecular formula is C20H28N6OS. The number of aromatic nitrogens is 3. The molecule has 0 aliphatic carbocycles. The molecule has 0 saturated carbocycles. The van der Waals surface area contributed by atoms with Gasteiger partial charge in [0, 0.05) is 29.6 Å². The number of nitrogens with one attached hydrogen (secondary N) is 1. The molecule has 8 heteroatoms. The molecule has 2 fully saturated rings. The number of hydrogen-bond donors (Lipinski definition) is 1. The summed E-state index contributed by atoms with van der Waals surface area (Å²) in [4.78, 5) is 32.3. The van der Waals surface area contributed by atoms with Gasteiger partial charge in [-0.3, -0.25) is 4.79 Å². The van der Waals surface area contributed by atoms with Gasteiger partial charge in [0.25, 0.3) is 0 Å². The molecule has 1 atom stereocenters. The zero-order chi connectivity index (χ0) is 19.7. The van der Waals surface area contributed by atoms with Crippen molar-refractivity contribution in [2.24, 2.45) is 5.92 Å². The normalized spacial score (nSPS) is 21.2. The number of hydrogen-bond acceptors (Lipinski definition) is 7. The number of amides is 1. The van der Waals surface area contributed by atoms with E-state index in [1.54, 1.807) is 11.3 Å². The first-order chi connectivity index (χ1) is 13.5. The third kappa shape index (κ3) is 4.17. The van der Waals surface area contributed by atoms with Crippen molar-refractivity contribution in [3.8, 4) is 0 Å². The molecule has 150 valence electrons. The third-order valence-electron chi connectivity index (χ3n) is 5.66. The number of piperidine rings is 1. The fourth-order valence-electron chi connectivity index (χ4n) is 4.18. The fraction of sp³-hybridized carbons (Fsp3) is 0.600. The van der Waals surface area contributed by atoms with Gasteiger partial charge in [0.05, 0.1) is 11.7 Å². The van der Waals surface area contributed by atoms with Crippen molar-refractivity contribution in [2.45, 2.75) is 45.6 Å². The molecule has 0 aromatic carbocycles. The van der Waals surface area contributed by atoms with E-state index in [0.717, 1.165) is 66.8 Å². The van der Waals surface area contributed by atoms with Crippen LogP contribution in [-0.4, -0.2) is 57.3 Å². The van der Waals surface area contributed by atoms with E-state index in [0.29, 0.717) is 11.7 Å². The van der Waals surface area contributed by atoms with Crippen LogP contribution in [-0.2, 0) is 4.79 Å². The summed E-state index contributed by atoms with van der Waals surface area (Å²) in [5.74, 6) is 1.91. The van der Waals surface area contributed by atoms with Gasteiger partial charge in [0.15, 0.2) is 5.13 Å². The standard InChI is InChI=1S/C20H28N6OS/c1-13-12-21-20(28-13)24-18-11-16(22-14(2)23-18)17-5-4-8-26(17)19(27)15-6-9-25(3)10-7-15/h11-12,15,17H,4-10H2,1-3H3,(H,21,22,23,24). The summed E-state index contributed by atoms with van der Waals surface area (Å²) < 4.78 is 0. The van der Waals surface area contributed by atoms with Crippen LogP contribution in [0.15, 0.2) is 12.3 Å². The SMILES string of the molecule is Cc1nc(Nc2ncc(C)s2)cc(C2CCCN2C(=O)C2CCN(C)CC2)n1. The molecule has 0 bridgehead atoms. The second-order valence-corrected chi connectivity index (χ2v) is 9.13. The minimum atomic E-state index is 0.0486. The van der Waals surface area contributed by atoms with Crippen molar-refractivity contribution < 1.29 is 4.79 Å². The van der Waals surface area contributed by atoms with Gasteiger partial charge in [0.1, 0.15) is 11.6 Å². The largest absolute Gasteiger partial charge is 0.334 e. The van der Waals surface area contributed by atoms with Gasteiger partial charge >= 0.3 is 0 Å². The third-order valence-corrected chi connectivity index (χ3v) is 6.49. The number of aryl methyl sites for hydroxylation is 2. The van der Waals surface area contributed by atoms with Crippen LogP contribution < -0.4 is 5.32 Å². The van der Waals surface area contributed by atoms with E-state index in [1.165, 1.54) is 0 Å². The van der Waals surface area contributed by atoms with Gasteiger partial charge in [-0.15, -0.1) is 11.3 Å². The maximum absolute atomic E-state index is 13.2. The molecule has 4 heterocycles. The predicted molar refractivity (Wildman–Crippen MR) is 111 cm³/mol. The van der Waals surface area contributed by atoms with Crippen molar-refractivity contribution in [1.29, 1.82) is 0 Å². The highest BCUT2D eigenvalue weighted by Crippen LogP contribution is 2.35. The zero-order valence-corrected chi connectivity index (χ0v) is 17.6. The van der Waals surface area contributed by atoms with Gasteiger partial charge in [-0.25, -0.2) is 15.0 Å². The lowest BCUT2D eigenvalue weighted by Gasteiger charge is -2.33. The maximum atomic E-state index is 13.2. The molecule has 2 saturated heterocycles. The lowest BCUT2D eigenvalue weighted by atomic mass is 9.95. The molecule has 1 amide bonds. The average molecular weight is 401 g/mol. The van der Waals surface area contributed by atoms with Gasteiger partial charge in [-0.1, -0.05) is 0 Å². The molecule has 2 aromatic heterocycles. The number of anilines is 2. The summed E-state index contributed by atoms with van der Waals surface area (Å²) in [6.07, 6.45) is 5.75. The Hall–Kier alpha value is -2.06. The molecule has 28 heavy (non-hydrogen) atoms. The summed E-state index contributed by atoms with van der Waals surface area (Å²) >= 11 is 1.60. The van der Waals surface area contributed by atoms with Crippen molar-refractivity contribution in [3.63, 3.8) is 0 Å². The first-order valence-corrected chi connectivity index (χ1v) is 10.9. The van der Waals surface area contributed by atoms with E-state index >= 15 is 0 Å². The van der Waals surface area contributed by atoms with E-state index in [2.05, 4.69) is 37.1 Å². The Kier molecular flexibility index (Phi) is 5.59. The van der Waals surface area contributed by atoms with E-state index in [4.69, 9.17) is 0 Å². The molecule has 2 aromatic rings. The Morgan fingerprint density at radius 3 is 2.68 bits per heavy atom. The monoisotopic (exact) mass is 400 g/mol. The Bertz CT molecular complexity index is 845. The van der Waals surface area contributed by atoms with E-state index in [-0.39, 0.29) is 12.0 Å². The summed E-state index contributed by atoms with van der Waals surface area (Å²) in [6, 6.07) is 2.03. The highest BCUT2D eigenvalue weighted by molar-refractivity contribution is 7.15. The second kappa shape index (κ2) is 8.13. The predicted octanol–water partition coefficient (Wildman–Crippen LogP) is 3.30. The van der Waals surface area contributed by atoms with Gasteiger partial charge in [-0.05, 0) is 59.7 Å². The topological polar surface area (TPSA) is 74.2 Å². The van der Waals surface area contributed by atoms with E-state index in [9.17, 15) is 4.79 Å². The summed E-state index contributed by atoms with van der Waals surface area (Å²) in [6.45, 7) is 6.77. The first kappa shape index (κ1) is 19.3. The minimum Gasteiger partial charge on any atom is -0.334 e. The first-order valence-electron chi connectivity index (χ1n) is 10.0. The molecule has 1 N–H and O–H groups in total. The van der Waals surface area contributed by atoms with Gasteiger partial charge in [0.2, 0.25) is 5.91 Å². The van der Waals surface area contributed by atoms with Crippen LogP contribution in [0.3, 0.4) is 0 Å². The number of carbonyl (C=O) groups excluding carboxylic acids is 1. The lowest BCUT2D eigenvalue weighted by Crippen LogP contribution is -2.41. The van der Waals surface area contributed by atoms with Crippen LogP contribution >= 0.6 is 11.3 Å². The van der Waals surface area contributed by atoms with Crippen LogP contribution in [0.2, 0.25) is 0 Å². The highest BCUT2D eigenvalue weighted by Gasteiger charge is 2.36. The Labute approximate surface area is 170 Å². The Morgan fingerprint density at radius 2 is 1.96 bits per heavy atom. The van der Waals surface area contributed by atoms with E-state index < -0.39 is 0 Å². The Balaban J connectivity index is 1.52. The summed E-state index contributed by atoms with van der Waals surface area (Å²) in [5.41, 5.74) is 0.932. The van der Waals surface area contributed by atoms with Crippen molar-refractivity contribution >= 4 is 28.2 Å². The number of nitrogens with zero attached hydrogens (tertiary/aromatic N) is 5. The van der Waals surface area contributed by atoms with Gasteiger partial charge < -0.3 is 15.1 Å². The molecule has 7 nitrogen and oxygen atoms in total.